The second kappa shape index (κ2) is 8.43. The largest absolute Gasteiger partial charge is 0.487 e. The highest BCUT2D eigenvalue weighted by Gasteiger charge is 2.43. The van der Waals surface area contributed by atoms with Crippen LogP contribution in [0.5, 0.6) is 5.75 Å². The van der Waals surface area contributed by atoms with Crippen molar-refractivity contribution in [2.75, 3.05) is 38.7 Å². The molecule has 8 nitrogen and oxygen atoms in total. The second-order valence-corrected chi connectivity index (χ2v) is 11.4. The fourth-order valence-corrected chi connectivity index (χ4v) is 6.72. The van der Waals surface area contributed by atoms with Crippen LogP contribution in [0.15, 0.2) is 24.3 Å². The number of sulfone groups is 1. The van der Waals surface area contributed by atoms with Crippen molar-refractivity contribution in [3.8, 4) is 5.75 Å². The lowest BCUT2D eigenvalue weighted by Gasteiger charge is -2.42. The topological polar surface area (TPSA) is 96.0 Å². The minimum Gasteiger partial charge on any atom is -0.487 e. The molecule has 1 aromatic carbocycles. The number of para-hydroxylation sites is 1. The van der Waals surface area contributed by atoms with Crippen LogP contribution in [0.4, 0.5) is 0 Å². The van der Waals surface area contributed by atoms with Gasteiger partial charge >= 0.3 is 0 Å². The summed E-state index contributed by atoms with van der Waals surface area (Å²) in [5.41, 5.74) is 0.453. The molecule has 0 saturated carbocycles. The molecule has 0 radical (unpaired) electrons. The first kappa shape index (κ1) is 22.1. The summed E-state index contributed by atoms with van der Waals surface area (Å²) in [6.45, 7) is 0.772. The highest BCUT2D eigenvalue weighted by Crippen LogP contribution is 2.44. The Kier molecular flexibility index (Phi) is 6.00. The van der Waals surface area contributed by atoms with Crippen molar-refractivity contribution in [1.82, 2.24) is 15.1 Å². The van der Waals surface area contributed by atoms with Gasteiger partial charge in [-0.3, -0.25) is 14.5 Å². The summed E-state index contributed by atoms with van der Waals surface area (Å²) in [5, 5.41) is 3.16. The maximum atomic E-state index is 12.9. The Bertz CT molecular complexity index is 966. The molecular weight excluding hydrogens is 418 g/mol. The van der Waals surface area contributed by atoms with Crippen LogP contribution in [0, 0.1) is 0 Å². The number of benzene rings is 1. The Morgan fingerprint density at radius 2 is 2.10 bits per heavy atom. The fourth-order valence-electron chi connectivity index (χ4n) is 4.92. The molecule has 9 heteroatoms. The van der Waals surface area contributed by atoms with Gasteiger partial charge in [0.1, 0.15) is 11.4 Å². The number of hydrogen-bond acceptors (Lipinski definition) is 6. The summed E-state index contributed by atoms with van der Waals surface area (Å²) in [5.74, 6) is 1.04. The number of ether oxygens (including phenoxy) is 1. The van der Waals surface area contributed by atoms with E-state index in [9.17, 15) is 18.0 Å². The number of nitrogens with zero attached hydrogens (tertiary/aromatic N) is 2. The SMILES string of the molecule is CN1CC[C@@]2(CCC1=O)C[C@H](NC(=O)CN(C)[C@@H]1CCS(=O)(=O)C1)c1ccccc1O2. The van der Waals surface area contributed by atoms with Crippen molar-refractivity contribution in [1.29, 1.82) is 0 Å². The molecule has 3 aliphatic heterocycles. The maximum Gasteiger partial charge on any atom is 0.234 e. The van der Waals surface area contributed by atoms with E-state index in [1.165, 1.54) is 0 Å². The van der Waals surface area contributed by atoms with E-state index in [1.807, 2.05) is 36.2 Å². The summed E-state index contributed by atoms with van der Waals surface area (Å²) in [6.07, 6.45) is 2.94. The Hall–Kier alpha value is -2.13. The average Bonchev–Trinajstić information content (AvgIpc) is 3.04. The van der Waals surface area contributed by atoms with E-state index in [2.05, 4.69) is 5.32 Å². The highest BCUT2D eigenvalue weighted by atomic mass is 32.2. The first-order chi connectivity index (χ1) is 14.7. The number of amides is 2. The Balaban J connectivity index is 1.47. The average molecular weight is 450 g/mol. The lowest BCUT2D eigenvalue weighted by molar-refractivity contribution is -0.129. The lowest BCUT2D eigenvalue weighted by Crippen LogP contribution is -2.48. The van der Waals surface area contributed by atoms with Crippen molar-refractivity contribution in [3.63, 3.8) is 0 Å². The number of nitrogens with one attached hydrogen (secondary N) is 1. The first-order valence-electron chi connectivity index (χ1n) is 10.9. The minimum absolute atomic E-state index is 0.113. The molecule has 2 amide bonds. The number of rotatable bonds is 4. The molecule has 170 valence electrons. The van der Waals surface area contributed by atoms with Gasteiger partial charge in [-0.25, -0.2) is 8.42 Å². The van der Waals surface area contributed by atoms with Crippen LogP contribution >= 0.6 is 0 Å². The van der Waals surface area contributed by atoms with Gasteiger partial charge in [0.15, 0.2) is 9.84 Å². The summed E-state index contributed by atoms with van der Waals surface area (Å²) in [4.78, 5) is 28.7. The highest BCUT2D eigenvalue weighted by molar-refractivity contribution is 7.91. The molecule has 1 N–H and O–H groups in total. The normalized spacial score (nSPS) is 30.0. The van der Waals surface area contributed by atoms with E-state index in [0.29, 0.717) is 32.2 Å². The zero-order valence-electron chi connectivity index (χ0n) is 18.2. The molecule has 2 saturated heterocycles. The number of carbonyl (C=O) groups excluding carboxylic acids is 2. The quantitative estimate of drug-likeness (QED) is 0.740. The van der Waals surface area contributed by atoms with Crippen LogP contribution < -0.4 is 10.1 Å². The molecule has 3 aliphatic rings. The van der Waals surface area contributed by atoms with Gasteiger partial charge in [-0.2, -0.15) is 0 Å². The monoisotopic (exact) mass is 449 g/mol. The van der Waals surface area contributed by atoms with E-state index in [4.69, 9.17) is 4.74 Å². The molecular formula is C22H31N3O5S. The molecule has 0 aromatic heterocycles. The third-order valence-corrected chi connectivity index (χ3v) is 8.63. The molecule has 1 spiro atoms. The number of hydrogen-bond donors (Lipinski definition) is 1. The van der Waals surface area contributed by atoms with Gasteiger partial charge in [-0.05, 0) is 26.0 Å². The van der Waals surface area contributed by atoms with E-state index in [0.717, 1.165) is 17.7 Å². The first-order valence-corrected chi connectivity index (χ1v) is 12.7. The molecule has 3 atom stereocenters. The summed E-state index contributed by atoms with van der Waals surface area (Å²) in [6, 6.07) is 7.40. The van der Waals surface area contributed by atoms with Crippen LogP contribution in [-0.2, 0) is 19.4 Å². The van der Waals surface area contributed by atoms with E-state index in [1.54, 1.807) is 11.9 Å². The van der Waals surface area contributed by atoms with Crippen LogP contribution in [0.1, 0.15) is 43.7 Å². The number of carbonyl (C=O) groups is 2. The fraction of sp³-hybridized carbons (Fsp3) is 0.636. The molecule has 2 fully saturated rings. The predicted molar refractivity (Wildman–Crippen MR) is 116 cm³/mol. The standard InChI is InChI=1S/C22H31N3O5S/c1-24-11-10-22(9-7-21(24)27)13-18(17-5-3-4-6-19(17)30-22)23-20(26)14-25(2)16-8-12-31(28,29)15-16/h3-6,16,18H,7-15H2,1-2H3,(H,23,26)/t16-,18+,22+/m1/s1. The molecule has 0 aliphatic carbocycles. The molecule has 1 aromatic rings. The Labute approximate surface area is 183 Å². The second-order valence-electron chi connectivity index (χ2n) is 9.18. The third kappa shape index (κ3) is 4.87. The van der Waals surface area contributed by atoms with Gasteiger partial charge < -0.3 is 15.0 Å². The van der Waals surface area contributed by atoms with Crippen LogP contribution in [-0.4, -0.2) is 80.4 Å². The van der Waals surface area contributed by atoms with Crippen molar-refractivity contribution in [2.24, 2.45) is 0 Å². The zero-order chi connectivity index (χ0) is 22.2. The molecule has 0 unspecified atom stereocenters. The van der Waals surface area contributed by atoms with Gasteiger partial charge in [0.05, 0.1) is 24.1 Å². The van der Waals surface area contributed by atoms with Gasteiger partial charge in [0.25, 0.3) is 0 Å². The molecule has 4 rings (SSSR count). The minimum atomic E-state index is -3.00. The van der Waals surface area contributed by atoms with Crippen molar-refractivity contribution < 1.29 is 22.7 Å². The Morgan fingerprint density at radius 3 is 2.84 bits per heavy atom. The maximum absolute atomic E-state index is 12.9. The number of likely N-dealkylation sites (tertiary alicyclic amines) is 1. The van der Waals surface area contributed by atoms with Gasteiger partial charge in [-0.15, -0.1) is 0 Å². The van der Waals surface area contributed by atoms with Crippen molar-refractivity contribution in [3.05, 3.63) is 29.8 Å². The van der Waals surface area contributed by atoms with Crippen LogP contribution in [0.2, 0.25) is 0 Å². The third-order valence-electron chi connectivity index (χ3n) is 6.88. The zero-order valence-corrected chi connectivity index (χ0v) is 19.0. The van der Waals surface area contributed by atoms with Gasteiger partial charge in [0, 0.05) is 44.5 Å². The van der Waals surface area contributed by atoms with Crippen molar-refractivity contribution >= 4 is 21.7 Å². The van der Waals surface area contributed by atoms with E-state index >= 15 is 0 Å². The van der Waals surface area contributed by atoms with Crippen molar-refractivity contribution in [2.45, 2.75) is 49.8 Å². The Morgan fingerprint density at radius 1 is 1.32 bits per heavy atom. The molecule has 0 bridgehead atoms. The van der Waals surface area contributed by atoms with Crippen LogP contribution in [0.25, 0.3) is 0 Å². The predicted octanol–water partition coefficient (Wildman–Crippen LogP) is 1.13. The number of fused-ring (bicyclic) bond motifs is 1. The van der Waals surface area contributed by atoms with Gasteiger partial charge in [-0.1, -0.05) is 18.2 Å². The molecule has 31 heavy (non-hydrogen) atoms. The van der Waals surface area contributed by atoms with Crippen LogP contribution in [0.3, 0.4) is 0 Å². The molecule has 3 heterocycles. The summed E-state index contributed by atoms with van der Waals surface area (Å²) < 4.78 is 30.0. The summed E-state index contributed by atoms with van der Waals surface area (Å²) in [7, 11) is 0.623. The van der Waals surface area contributed by atoms with E-state index < -0.39 is 15.4 Å². The van der Waals surface area contributed by atoms with E-state index in [-0.39, 0.29) is 41.9 Å². The number of likely N-dealkylation sites (N-methyl/N-ethyl adjacent to an activating group) is 1. The lowest BCUT2D eigenvalue weighted by atomic mass is 9.82. The summed E-state index contributed by atoms with van der Waals surface area (Å²) >= 11 is 0. The van der Waals surface area contributed by atoms with Gasteiger partial charge in [0.2, 0.25) is 11.8 Å². The smallest absolute Gasteiger partial charge is 0.234 e.